The van der Waals surface area contributed by atoms with E-state index in [0.717, 1.165) is 28.5 Å². The summed E-state index contributed by atoms with van der Waals surface area (Å²) >= 11 is 6.48. The fourth-order valence-corrected chi connectivity index (χ4v) is 4.34. The van der Waals surface area contributed by atoms with E-state index >= 15 is 0 Å². The predicted molar refractivity (Wildman–Crippen MR) is 117 cm³/mol. The molecular formula is C22H19NO3S2. The zero-order valence-electron chi connectivity index (χ0n) is 15.2. The van der Waals surface area contributed by atoms with Crippen molar-refractivity contribution in [2.75, 3.05) is 0 Å². The van der Waals surface area contributed by atoms with Gasteiger partial charge in [0.1, 0.15) is 10.4 Å². The van der Waals surface area contributed by atoms with Crippen molar-refractivity contribution < 1.29 is 14.7 Å². The Bertz CT molecular complexity index is 952. The number of aliphatic carboxylic acids is 1. The van der Waals surface area contributed by atoms with Gasteiger partial charge < -0.3 is 5.11 Å². The van der Waals surface area contributed by atoms with Crippen LogP contribution in [-0.2, 0) is 16.0 Å². The fourth-order valence-electron chi connectivity index (χ4n) is 2.94. The second kappa shape index (κ2) is 8.99. The van der Waals surface area contributed by atoms with Crippen LogP contribution in [0.4, 0.5) is 0 Å². The number of thioether (sulfide) groups is 1. The summed E-state index contributed by atoms with van der Waals surface area (Å²) in [5.41, 5.74) is 2.76. The minimum Gasteiger partial charge on any atom is -0.480 e. The van der Waals surface area contributed by atoms with Gasteiger partial charge >= 0.3 is 5.97 Å². The van der Waals surface area contributed by atoms with Crippen molar-refractivity contribution in [1.29, 1.82) is 0 Å². The highest BCUT2D eigenvalue weighted by molar-refractivity contribution is 8.26. The zero-order valence-corrected chi connectivity index (χ0v) is 16.9. The molecule has 1 aliphatic rings. The molecule has 1 N–H and O–H groups in total. The van der Waals surface area contributed by atoms with Crippen LogP contribution >= 0.6 is 24.0 Å². The third-order valence-corrected chi connectivity index (χ3v) is 5.58. The van der Waals surface area contributed by atoms with Gasteiger partial charge in [-0.25, -0.2) is 4.79 Å². The van der Waals surface area contributed by atoms with Gasteiger partial charge in [-0.1, -0.05) is 90.7 Å². The molecule has 1 heterocycles. The van der Waals surface area contributed by atoms with Crippen LogP contribution in [0.2, 0.25) is 0 Å². The molecule has 2 aromatic rings. The number of hydrogen-bond donors (Lipinski definition) is 1. The number of benzene rings is 2. The van der Waals surface area contributed by atoms with Gasteiger partial charge in [-0.05, 0) is 29.7 Å². The van der Waals surface area contributed by atoms with Crippen LogP contribution in [0.5, 0.6) is 0 Å². The lowest BCUT2D eigenvalue weighted by Gasteiger charge is -2.23. The van der Waals surface area contributed by atoms with Crippen molar-refractivity contribution in [3.63, 3.8) is 0 Å². The molecule has 1 atom stereocenters. The van der Waals surface area contributed by atoms with Crippen molar-refractivity contribution in [3.05, 3.63) is 88.3 Å². The summed E-state index contributed by atoms with van der Waals surface area (Å²) in [6.45, 7) is 1.90. The van der Waals surface area contributed by atoms with E-state index in [1.807, 2.05) is 73.7 Å². The van der Waals surface area contributed by atoms with Crippen molar-refractivity contribution in [1.82, 2.24) is 4.90 Å². The van der Waals surface area contributed by atoms with Crippen LogP contribution in [0, 0.1) is 0 Å². The number of thiocarbonyl (C=S) groups is 1. The summed E-state index contributed by atoms with van der Waals surface area (Å²) < 4.78 is 0.270. The maximum Gasteiger partial charge on any atom is 0.327 e. The van der Waals surface area contributed by atoms with Crippen LogP contribution in [0.25, 0.3) is 6.08 Å². The van der Waals surface area contributed by atoms with Crippen LogP contribution < -0.4 is 0 Å². The average Bonchev–Trinajstić information content (AvgIpc) is 2.94. The first-order valence-electron chi connectivity index (χ1n) is 8.73. The lowest BCUT2D eigenvalue weighted by atomic mass is 10.0. The van der Waals surface area contributed by atoms with E-state index in [9.17, 15) is 14.7 Å². The highest BCUT2D eigenvalue weighted by Gasteiger charge is 2.40. The Hall–Kier alpha value is -2.70. The number of carboxylic acids is 1. The highest BCUT2D eigenvalue weighted by Crippen LogP contribution is 2.34. The highest BCUT2D eigenvalue weighted by atomic mass is 32.2. The van der Waals surface area contributed by atoms with Crippen LogP contribution in [0.1, 0.15) is 18.1 Å². The summed E-state index contributed by atoms with van der Waals surface area (Å²) in [7, 11) is 0. The van der Waals surface area contributed by atoms with Crippen molar-refractivity contribution in [3.8, 4) is 0 Å². The summed E-state index contributed by atoms with van der Waals surface area (Å²) in [4.78, 5) is 26.4. The van der Waals surface area contributed by atoms with Gasteiger partial charge in [-0.15, -0.1) is 0 Å². The maximum absolute atomic E-state index is 12.9. The number of rotatable bonds is 6. The number of amides is 1. The number of carbonyl (C=O) groups excluding carboxylic acids is 1. The average molecular weight is 410 g/mol. The lowest BCUT2D eigenvalue weighted by Crippen LogP contribution is -2.45. The molecule has 6 heteroatoms. The molecule has 28 heavy (non-hydrogen) atoms. The van der Waals surface area contributed by atoms with Crippen molar-refractivity contribution in [2.45, 2.75) is 19.4 Å². The largest absolute Gasteiger partial charge is 0.480 e. The monoisotopic (exact) mass is 409 g/mol. The molecule has 3 rings (SSSR count). The van der Waals surface area contributed by atoms with E-state index in [-0.39, 0.29) is 16.6 Å². The van der Waals surface area contributed by atoms with Gasteiger partial charge in [0.25, 0.3) is 5.91 Å². The van der Waals surface area contributed by atoms with Crippen LogP contribution in [0.15, 0.2) is 77.2 Å². The molecule has 0 bridgehead atoms. The summed E-state index contributed by atoms with van der Waals surface area (Å²) in [6.07, 6.45) is 3.92. The maximum atomic E-state index is 12.9. The molecule has 0 aliphatic carbocycles. The predicted octanol–water partition coefficient (Wildman–Crippen LogP) is 4.53. The molecule has 0 aromatic heterocycles. The minimum atomic E-state index is -1.07. The number of allylic oxidation sites excluding steroid dienone is 2. The molecular weight excluding hydrogens is 390 g/mol. The molecule has 1 fully saturated rings. The Morgan fingerprint density at radius 1 is 1.14 bits per heavy atom. The second-order valence-corrected chi connectivity index (χ2v) is 8.07. The van der Waals surface area contributed by atoms with E-state index in [1.165, 1.54) is 4.90 Å². The third kappa shape index (κ3) is 4.77. The Balaban J connectivity index is 1.83. The summed E-state index contributed by atoms with van der Waals surface area (Å²) in [5, 5.41) is 9.70. The summed E-state index contributed by atoms with van der Waals surface area (Å²) in [6, 6.07) is 18.0. The fraction of sp³-hybridized carbons (Fsp3) is 0.136. The second-order valence-electron chi connectivity index (χ2n) is 6.39. The quantitative estimate of drug-likeness (QED) is 0.561. The van der Waals surface area contributed by atoms with Gasteiger partial charge in [-0.3, -0.25) is 9.69 Å². The van der Waals surface area contributed by atoms with Gasteiger partial charge in [0.2, 0.25) is 0 Å². The Morgan fingerprint density at radius 3 is 2.36 bits per heavy atom. The molecule has 0 spiro atoms. The SMILES string of the molecule is CC(=C\c1ccccc1)/C=C1/SC(=S)N(C(Cc2ccccc2)C(=O)O)C1=O. The molecule has 0 radical (unpaired) electrons. The first-order chi connectivity index (χ1) is 13.5. The molecule has 1 aliphatic heterocycles. The van der Waals surface area contributed by atoms with Gasteiger partial charge in [0.15, 0.2) is 0 Å². The lowest BCUT2D eigenvalue weighted by molar-refractivity contribution is -0.145. The first-order valence-corrected chi connectivity index (χ1v) is 9.95. The third-order valence-electron chi connectivity index (χ3n) is 4.24. The zero-order chi connectivity index (χ0) is 20.1. The molecule has 4 nitrogen and oxygen atoms in total. The number of hydrogen-bond acceptors (Lipinski definition) is 4. The first kappa shape index (κ1) is 20.0. The Morgan fingerprint density at radius 2 is 1.75 bits per heavy atom. The van der Waals surface area contributed by atoms with Crippen molar-refractivity contribution >= 4 is 46.3 Å². The van der Waals surface area contributed by atoms with Gasteiger partial charge in [0.05, 0.1) is 4.91 Å². The smallest absolute Gasteiger partial charge is 0.327 e. The molecule has 1 unspecified atom stereocenters. The van der Waals surface area contributed by atoms with Crippen molar-refractivity contribution in [2.24, 2.45) is 0 Å². The van der Waals surface area contributed by atoms with Gasteiger partial charge in [0, 0.05) is 6.42 Å². The molecule has 1 amide bonds. The molecule has 2 aromatic carbocycles. The van der Waals surface area contributed by atoms with Gasteiger partial charge in [-0.2, -0.15) is 0 Å². The molecule has 1 saturated heterocycles. The van der Waals surface area contributed by atoms with E-state index in [0.29, 0.717) is 4.91 Å². The van der Waals surface area contributed by atoms with E-state index in [2.05, 4.69) is 0 Å². The Kier molecular flexibility index (Phi) is 6.44. The van der Waals surface area contributed by atoms with Crippen LogP contribution in [-0.4, -0.2) is 32.2 Å². The Labute approximate surface area is 173 Å². The topological polar surface area (TPSA) is 57.6 Å². The number of carbonyl (C=O) groups is 2. The normalized spacial score (nSPS) is 17.2. The van der Waals surface area contributed by atoms with E-state index < -0.39 is 12.0 Å². The summed E-state index contributed by atoms with van der Waals surface area (Å²) in [5.74, 6) is -1.43. The number of nitrogens with zero attached hydrogens (tertiary/aromatic N) is 1. The van der Waals surface area contributed by atoms with E-state index in [4.69, 9.17) is 12.2 Å². The van der Waals surface area contributed by atoms with Crippen LogP contribution in [0.3, 0.4) is 0 Å². The number of carboxylic acid groups (broad SMARTS) is 1. The van der Waals surface area contributed by atoms with E-state index in [1.54, 1.807) is 6.08 Å². The molecule has 142 valence electrons. The molecule has 0 saturated carbocycles. The standard InChI is InChI=1S/C22H19NO3S2/c1-15(12-16-8-4-2-5-9-16)13-19-20(24)23(22(27)28-19)18(21(25)26)14-17-10-6-3-7-11-17/h2-13,18H,14H2,1H3,(H,25,26)/b15-12+,19-13+. The minimum absolute atomic E-state index is 0.203.